The molecule has 3 aromatic rings. The van der Waals surface area contributed by atoms with E-state index in [1.807, 2.05) is 23.6 Å². The van der Waals surface area contributed by atoms with Crippen LogP contribution in [0.4, 0.5) is 0 Å². The highest BCUT2D eigenvalue weighted by Crippen LogP contribution is 2.12. The molecule has 5 heteroatoms. The van der Waals surface area contributed by atoms with E-state index in [1.54, 1.807) is 16.7 Å². The van der Waals surface area contributed by atoms with Gasteiger partial charge in [0.1, 0.15) is 0 Å². The lowest BCUT2D eigenvalue weighted by Crippen LogP contribution is -2.21. The summed E-state index contributed by atoms with van der Waals surface area (Å²) >= 11 is 1.47. The largest absolute Gasteiger partial charge is 0.305 e. The lowest BCUT2D eigenvalue weighted by atomic mass is 10.1. The van der Waals surface area contributed by atoms with Gasteiger partial charge in [0.25, 0.3) is 5.56 Å². The summed E-state index contributed by atoms with van der Waals surface area (Å²) in [6.07, 6.45) is 1.75. The Morgan fingerprint density at radius 2 is 2.15 bits per heavy atom. The average Bonchev–Trinajstić information content (AvgIpc) is 2.94. The first-order valence-electron chi connectivity index (χ1n) is 6.48. The summed E-state index contributed by atoms with van der Waals surface area (Å²) in [5, 5.41) is 5.26. The van der Waals surface area contributed by atoms with Crippen molar-refractivity contribution in [1.82, 2.24) is 14.7 Å². The monoisotopic (exact) mass is 285 g/mol. The number of nitrogens with zero attached hydrogens (tertiary/aromatic N) is 2. The molecule has 1 atom stereocenters. The molecular weight excluding hydrogens is 270 g/mol. The third kappa shape index (κ3) is 2.64. The number of hydrogen-bond donors (Lipinski definition) is 1. The Morgan fingerprint density at radius 3 is 2.95 bits per heavy atom. The maximum Gasteiger partial charge on any atom is 0.258 e. The summed E-state index contributed by atoms with van der Waals surface area (Å²) in [7, 11) is 0. The molecule has 0 fully saturated rings. The van der Waals surface area contributed by atoms with Crippen LogP contribution >= 0.6 is 11.3 Å². The van der Waals surface area contributed by atoms with Crippen molar-refractivity contribution in [1.29, 1.82) is 0 Å². The molecule has 1 N–H and O–H groups in total. The molecule has 4 nitrogen and oxygen atoms in total. The highest BCUT2D eigenvalue weighted by molar-refractivity contribution is 7.15. The Hall–Kier alpha value is -1.98. The third-order valence-corrected chi connectivity index (χ3v) is 4.00. The number of fused-ring (bicyclic) bond motifs is 1. The van der Waals surface area contributed by atoms with E-state index in [0.717, 1.165) is 10.7 Å². The highest BCUT2D eigenvalue weighted by atomic mass is 32.1. The summed E-state index contributed by atoms with van der Waals surface area (Å²) < 4.78 is 1.56. The number of thiazole rings is 1. The average molecular weight is 285 g/mol. The van der Waals surface area contributed by atoms with Crippen molar-refractivity contribution < 1.29 is 0 Å². The Kier molecular flexibility index (Phi) is 3.62. The van der Waals surface area contributed by atoms with Crippen molar-refractivity contribution in [3.63, 3.8) is 0 Å². The van der Waals surface area contributed by atoms with Crippen molar-refractivity contribution in [2.45, 2.75) is 19.5 Å². The van der Waals surface area contributed by atoms with Gasteiger partial charge in [-0.3, -0.25) is 9.20 Å². The predicted molar refractivity (Wildman–Crippen MR) is 81.0 cm³/mol. The fourth-order valence-corrected chi connectivity index (χ4v) is 2.83. The molecule has 0 aliphatic carbocycles. The minimum Gasteiger partial charge on any atom is -0.305 e. The minimum atomic E-state index is -0.0274. The van der Waals surface area contributed by atoms with Crippen molar-refractivity contribution in [2.75, 3.05) is 0 Å². The topological polar surface area (TPSA) is 46.4 Å². The van der Waals surface area contributed by atoms with Gasteiger partial charge in [-0.15, -0.1) is 11.3 Å². The lowest BCUT2D eigenvalue weighted by molar-refractivity contribution is 0.567. The summed E-state index contributed by atoms with van der Waals surface area (Å²) in [4.78, 5) is 17.1. The standard InChI is InChI=1S/C15H15N3OS/c1-11(12-5-3-2-4-6-12)16-10-13-9-14(19)18-7-8-20-15(18)17-13/h2-9,11,16H,10H2,1H3/t11-/m1/s1. The summed E-state index contributed by atoms with van der Waals surface area (Å²) in [6.45, 7) is 2.69. The van der Waals surface area contributed by atoms with E-state index >= 15 is 0 Å². The number of nitrogens with one attached hydrogen (secondary N) is 1. The number of benzene rings is 1. The Morgan fingerprint density at radius 1 is 1.35 bits per heavy atom. The number of rotatable bonds is 4. The van der Waals surface area contributed by atoms with Gasteiger partial charge in [-0.2, -0.15) is 0 Å². The van der Waals surface area contributed by atoms with Gasteiger partial charge < -0.3 is 5.32 Å². The summed E-state index contributed by atoms with van der Waals surface area (Å²) in [5.74, 6) is 0. The fourth-order valence-electron chi connectivity index (χ4n) is 2.10. The van der Waals surface area contributed by atoms with Gasteiger partial charge in [-0.05, 0) is 12.5 Å². The van der Waals surface area contributed by atoms with Crippen molar-refractivity contribution in [3.05, 3.63) is 69.6 Å². The van der Waals surface area contributed by atoms with Gasteiger partial charge in [0, 0.05) is 30.2 Å². The number of aromatic nitrogens is 2. The molecule has 0 radical (unpaired) electrons. The molecule has 1 aromatic carbocycles. The van der Waals surface area contributed by atoms with E-state index in [9.17, 15) is 4.79 Å². The van der Waals surface area contributed by atoms with Crippen molar-refractivity contribution in [3.8, 4) is 0 Å². The van der Waals surface area contributed by atoms with Crippen molar-refractivity contribution >= 4 is 16.3 Å². The van der Waals surface area contributed by atoms with Crippen LogP contribution in [0.25, 0.3) is 4.96 Å². The molecule has 3 rings (SSSR count). The van der Waals surface area contributed by atoms with Crippen LogP contribution in [0.2, 0.25) is 0 Å². The van der Waals surface area contributed by atoms with Crippen LogP contribution in [-0.4, -0.2) is 9.38 Å². The maximum absolute atomic E-state index is 11.9. The summed E-state index contributed by atoms with van der Waals surface area (Å²) in [6, 6.07) is 12.0. The fraction of sp³-hybridized carbons (Fsp3) is 0.200. The maximum atomic E-state index is 11.9. The van der Waals surface area contributed by atoms with Crippen LogP contribution in [0, 0.1) is 0 Å². The Balaban J connectivity index is 1.75. The first kappa shape index (κ1) is 13.0. The SMILES string of the molecule is C[C@@H](NCc1cc(=O)n2ccsc2n1)c1ccccc1. The van der Waals surface area contributed by atoms with Gasteiger partial charge in [-0.1, -0.05) is 30.3 Å². The van der Waals surface area contributed by atoms with Crippen LogP contribution < -0.4 is 10.9 Å². The first-order valence-corrected chi connectivity index (χ1v) is 7.36. The van der Waals surface area contributed by atoms with Crippen LogP contribution in [0.15, 0.2) is 52.8 Å². The van der Waals surface area contributed by atoms with E-state index in [-0.39, 0.29) is 11.6 Å². The Labute approximate surface area is 120 Å². The summed E-state index contributed by atoms with van der Waals surface area (Å²) in [5.41, 5.74) is 1.97. The quantitative estimate of drug-likeness (QED) is 0.801. The second kappa shape index (κ2) is 5.56. The first-order chi connectivity index (χ1) is 9.74. The van der Waals surface area contributed by atoms with E-state index in [4.69, 9.17) is 0 Å². The zero-order valence-corrected chi connectivity index (χ0v) is 11.9. The molecule has 0 saturated carbocycles. The van der Waals surface area contributed by atoms with Crippen LogP contribution in [0.3, 0.4) is 0 Å². The second-order valence-corrected chi connectivity index (χ2v) is 5.53. The molecule has 0 amide bonds. The van der Waals surface area contributed by atoms with Crippen molar-refractivity contribution in [2.24, 2.45) is 0 Å². The van der Waals surface area contributed by atoms with Crippen LogP contribution in [0.5, 0.6) is 0 Å². The molecule has 0 unspecified atom stereocenters. The normalized spacial score (nSPS) is 12.7. The van der Waals surface area contributed by atoms with E-state index < -0.39 is 0 Å². The molecule has 0 saturated heterocycles. The molecule has 20 heavy (non-hydrogen) atoms. The van der Waals surface area contributed by atoms with E-state index in [2.05, 4.69) is 29.4 Å². The lowest BCUT2D eigenvalue weighted by Gasteiger charge is -2.13. The van der Waals surface area contributed by atoms with Gasteiger partial charge in [-0.25, -0.2) is 4.98 Å². The minimum absolute atomic E-state index is 0.0274. The zero-order chi connectivity index (χ0) is 13.9. The third-order valence-electron chi connectivity index (χ3n) is 3.25. The molecule has 2 aromatic heterocycles. The Bertz CT molecular complexity index is 763. The van der Waals surface area contributed by atoms with E-state index in [0.29, 0.717) is 6.54 Å². The molecule has 2 heterocycles. The second-order valence-electron chi connectivity index (χ2n) is 4.65. The predicted octanol–water partition coefficient (Wildman–Crippen LogP) is 2.61. The smallest absolute Gasteiger partial charge is 0.258 e. The molecule has 0 aliphatic rings. The van der Waals surface area contributed by atoms with Gasteiger partial charge in [0.15, 0.2) is 4.96 Å². The van der Waals surface area contributed by atoms with Gasteiger partial charge >= 0.3 is 0 Å². The molecule has 102 valence electrons. The molecule has 0 spiro atoms. The van der Waals surface area contributed by atoms with Crippen LogP contribution in [-0.2, 0) is 6.54 Å². The molecular formula is C15H15N3OS. The van der Waals surface area contributed by atoms with Crippen LogP contribution in [0.1, 0.15) is 24.2 Å². The van der Waals surface area contributed by atoms with Gasteiger partial charge in [0.05, 0.1) is 5.69 Å². The zero-order valence-electron chi connectivity index (χ0n) is 11.1. The van der Waals surface area contributed by atoms with E-state index in [1.165, 1.54) is 16.9 Å². The highest BCUT2D eigenvalue weighted by Gasteiger charge is 2.07. The molecule has 0 aliphatic heterocycles. The number of hydrogen-bond acceptors (Lipinski definition) is 4. The molecule has 0 bridgehead atoms. The van der Waals surface area contributed by atoms with Gasteiger partial charge in [0.2, 0.25) is 0 Å².